The van der Waals surface area contributed by atoms with Crippen molar-refractivity contribution in [3.63, 3.8) is 0 Å². The van der Waals surface area contributed by atoms with Crippen LogP contribution in [0, 0.1) is 12.7 Å². The maximum Gasteiger partial charge on any atom is 0.149 e. The van der Waals surface area contributed by atoms with E-state index >= 15 is 0 Å². The number of aryl methyl sites for hydroxylation is 2. The Bertz CT molecular complexity index is 879. The van der Waals surface area contributed by atoms with Crippen LogP contribution in [0.3, 0.4) is 0 Å². The summed E-state index contributed by atoms with van der Waals surface area (Å²) in [4.78, 5) is 12.0. The average molecular weight is 309 g/mol. The molecule has 0 fully saturated rings. The highest BCUT2D eigenvalue weighted by atomic mass is 19.1. The van der Waals surface area contributed by atoms with Crippen LogP contribution in [0.2, 0.25) is 0 Å². The first-order chi connectivity index (χ1) is 11.0. The number of hydrogen-bond acceptors (Lipinski definition) is 2. The van der Waals surface area contributed by atoms with Gasteiger partial charge in [0, 0.05) is 28.6 Å². The number of rotatable bonds is 3. The Labute approximate surface area is 135 Å². The van der Waals surface area contributed by atoms with E-state index < -0.39 is 0 Å². The van der Waals surface area contributed by atoms with Gasteiger partial charge < -0.3 is 4.98 Å². The molecule has 1 aromatic carbocycles. The van der Waals surface area contributed by atoms with E-state index in [-0.39, 0.29) is 5.82 Å². The molecule has 0 bridgehead atoms. The first-order valence-corrected chi connectivity index (χ1v) is 7.79. The van der Waals surface area contributed by atoms with Gasteiger partial charge in [-0.1, -0.05) is 6.92 Å². The van der Waals surface area contributed by atoms with Crippen molar-refractivity contribution in [1.29, 1.82) is 0 Å². The molecule has 3 nitrogen and oxygen atoms in total. The number of fused-ring (bicyclic) bond motifs is 1. The van der Waals surface area contributed by atoms with Gasteiger partial charge in [-0.25, -0.2) is 9.37 Å². The molecule has 0 aliphatic heterocycles. The van der Waals surface area contributed by atoms with Gasteiger partial charge in [-0.05, 0) is 62.6 Å². The van der Waals surface area contributed by atoms with Crippen molar-refractivity contribution in [2.75, 3.05) is 0 Å². The highest BCUT2D eigenvalue weighted by Gasteiger charge is 2.12. The Morgan fingerprint density at radius 3 is 2.70 bits per heavy atom. The fourth-order valence-electron chi connectivity index (χ4n) is 2.74. The number of hydrogen-bond donors (Lipinski definition) is 1. The number of nitrogens with zero attached hydrogens (tertiary/aromatic N) is 2. The van der Waals surface area contributed by atoms with Crippen LogP contribution >= 0.6 is 0 Å². The molecule has 3 aromatic rings. The zero-order chi connectivity index (χ0) is 16.6. The van der Waals surface area contributed by atoms with Crippen molar-refractivity contribution in [2.24, 2.45) is 4.99 Å². The molecule has 23 heavy (non-hydrogen) atoms. The Hall–Kier alpha value is -2.49. The van der Waals surface area contributed by atoms with Gasteiger partial charge in [0.1, 0.15) is 17.2 Å². The van der Waals surface area contributed by atoms with Crippen molar-refractivity contribution in [3.05, 3.63) is 47.5 Å². The van der Waals surface area contributed by atoms with Crippen LogP contribution in [0.4, 0.5) is 10.1 Å². The van der Waals surface area contributed by atoms with E-state index in [0.29, 0.717) is 5.69 Å². The van der Waals surface area contributed by atoms with Gasteiger partial charge in [-0.3, -0.25) is 4.99 Å². The maximum atomic E-state index is 14.4. The van der Waals surface area contributed by atoms with E-state index in [1.54, 1.807) is 6.07 Å². The summed E-state index contributed by atoms with van der Waals surface area (Å²) in [6, 6.07) is 7.58. The van der Waals surface area contributed by atoms with Crippen LogP contribution in [-0.2, 0) is 6.42 Å². The third kappa shape index (κ3) is 2.89. The number of H-pyrrole nitrogens is 1. The molecule has 0 aliphatic carbocycles. The molecule has 0 unspecified atom stereocenters. The number of nitrogens with one attached hydrogen (secondary N) is 1. The average Bonchev–Trinajstić information content (AvgIpc) is 2.93. The van der Waals surface area contributed by atoms with Gasteiger partial charge >= 0.3 is 0 Å². The number of aromatic nitrogens is 2. The first kappa shape index (κ1) is 15.4. The zero-order valence-corrected chi connectivity index (χ0v) is 13.9. The second-order valence-corrected chi connectivity index (χ2v) is 5.94. The molecule has 4 heteroatoms. The molecule has 0 amide bonds. The summed E-state index contributed by atoms with van der Waals surface area (Å²) in [6.45, 7) is 7.69. The Morgan fingerprint density at radius 2 is 2.04 bits per heavy atom. The molecular formula is C19H20FN3. The van der Waals surface area contributed by atoms with Crippen molar-refractivity contribution >= 4 is 22.4 Å². The van der Waals surface area contributed by atoms with E-state index in [0.717, 1.165) is 45.6 Å². The largest absolute Gasteiger partial charge is 0.346 e. The van der Waals surface area contributed by atoms with Crippen LogP contribution in [-0.4, -0.2) is 15.7 Å². The monoisotopic (exact) mass is 309 g/mol. The topological polar surface area (TPSA) is 41.0 Å². The van der Waals surface area contributed by atoms with Gasteiger partial charge in [0.2, 0.25) is 0 Å². The Morgan fingerprint density at radius 1 is 1.26 bits per heavy atom. The third-order valence-electron chi connectivity index (χ3n) is 3.86. The molecule has 2 heterocycles. The third-order valence-corrected chi connectivity index (χ3v) is 3.86. The maximum absolute atomic E-state index is 14.4. The van der Waals surface area contributed by atoms with Crippen molar-refractivity contribution in [3.8, 4) is 11.1 Å². The van der Waals surface area contributed by atoms with E-state index in [4.69, 9.17) is 0 Å². The molecule has 0 saturated carbocycles. The molecule has 2 aromatic heterocycles. The van der Waals surface area contributed by atoms with E-state index in [1.807, 2.05) is 45.2 Å². The molecule has 0 saturated heterocycles. The summed E-state index contributed by atoms with van der Waals surface area (Å²) in [5.41, 5.74) is 5.75. The molecule has 0 aliphatic rings. The molecule has 0 atom stereocenters. The lowest BCUT2D eigenvalue weighted by Crippen LogP contribution is -1.89. The van der Waals surface area contributed by atoms with Crippen LogP contribution < -0.4 is 0 Å². The highest BCUT2D eigenvalue weighted by molar-refractivity contribution is 5.94. The number of benzene rings is 1. The number of aromatic amines is 1. The lowest BCUT2D eigenvalue weighted by molar-refractivity contribution is 0.629. The SMILES string of the molecule is CCc1ccc2c(-c3cc(C)c(N=C(C)C)c(F)c3)c[nH]c2n1. The molecule has 3 rings (SSSR count). The number of halogens is 1. The summed E-state index contributed by atoms with van der Waals surface area (Å²) < 4.78 is 14.4. The highest BCUT2D eigenvalue weighted by Crippen LogP contribution is 2.33. The zero-order valence-electron chi connectivity index (χ0n) is 13.9. The summed E-state index contributed by atoms with van der Waals surface area (Å²) in [5.74, 6) is -0.298. The standard InChI is InChI=1S/C19H20FN3/c1-5-14-6-7-15-16(10-21-19(15)23-14)13-8-12(4)18(17(20)9-13)22-11(2)3/h6-10H,5H2,1-4H3,(H,21,23). The minimum atomic E-state index is -0.298. The quantitative estimate of drug-likeness (QED) is 0.651. The molecule has 0 radical (unpaired) electrons. The summed E-state index contributed by atoms with van der Waals surface area (Å²) in [7, 11) is 0. The van der Waals surface area contributed by atoms with Crippen molar-refractivity contribution in [1.82, 2.24) is 9.97 Å². The number of aliphatic imine (C=N–C) groups is 1. The normalized spacial score (nSPS) is 11.0. The van der Waals surface area contributed by atoms with Gasteiger partial charge in [-0.2, -0.15) is 0 Å². The van der Waals surface area contributed by atoms with Crippen LogP contribution in [0.5, 0.6) is 0 Å². The van der Waals surface area contributed by atoms with E-state index in [2.05, 4.69) is 21.9 Å². The minimum absolute atomic E-state index is 0.298. The number of pyridine rings is 1. The van der Waals surface area contributed by atoms with Crippen LogP contribution in [0.1, 0.15) is 32.0 Å². The second-order valence-electron chi connectivity index (χ2n) is 5.94. The van der Waals surface area contributed by atoms with Gasteiger partial charge in [0.05, 0.1) is 0 Å². The summed E-state index contributed by atoms with van der Waals surface area (Å²) in [5, 5.41) is 1.00. The fourth-order valence-corrected chi connectivity index (χ4v) is 2.74. The van der Waals surface area contributed by atoms with Gasteiger partial charge in [-0.15, -0.1) is 0 Å². The summed E-state index contributed by atoms with van der Waals surface area (Å²) >= 11 is 0. The lowest BCUT2D eigenvalue weighted by atomic mass is 10.0. The molecule has 1 N–H and O–H groups in total. The van der Waals surface area contributed by atoms with E-state index in [1.165, 1.54) is 0 Å². The lowest BCUT2D eigenvalue weighted by Gasteiger charge is -2.07. The molecule has 0 spiro atoms. The molecular weight excluding hydrogens is 289 g/mol. The minimum Gasteiger partial charge on any atom is -0.346 e. The van der Waals surface area contributed by atoms with Crippen LogP contribution in [0.25, 0.3) is 22.2 Å². The summed E-state index contributed by atoms with van der Waals surface area (Å²) in [6.07, 6.45) is 2.78. The predicted molar refractivity (Wildman–Crippen MR) is 94.0 cm³/mol. The first-order valence-electron chi connectivity index (χ1n) is 7.79. The van der Waals surface area contributed by atoms with Crippen molar-refractivity contribution in [2.45, 2.75) is 34.1 Å². The predicted octanol–water partition coefficient (Wildman–Crippen LogP) is 5.35. The molecule has 118 valence electrons. The second kappa shape index (κ2) is 5.95. The van der Waals surface area contributed by atoms with Gasteiger partial charge in [0.15, 0.2) is 0 Å². The fraction of sp³-hybridized carbons (Fsp3) is 0.263. The van der Waals surface area contributed by atoms with E-state index in [9.17, 15) is 4.39 Å². The van der Waals surface area contributed by atoms with Gasteiger partial charge in [0.25, 0.3) is 0 Å². The Kier molecular flexibility index (Phi) is 3.99. The van der Waals surface area contributed by atoms with Crippen LogP contribution in [0.15, 0.2) is 35.5 Å². The Balaban J connectivity index is 2.14. The smallest absolute Gasteiger partial charge is 0.149 e. The van der Waals surface area contributed by atoms with Crippen molar-refractivity contribution < 1.29 is 4.39 Å².